The zero-order chi connectivity index (χ0) is 20.6. The first kappa shape index (κ1) is 20.6. The minimum Gasteiger partial charge on any atom is -0.483 e. The Morgan fingerprint density at radius 3 is 2.66 bits per heavy atom. The molecule has 2 fully saturated rings. The van der Waals surface area contributed by atoms with Crippen molar-refractivity contribution in [2.24, 2.45) is 0 Å². The van der Waals surface area contributed by atoms with Crippen LogP contribution in [0.4, 0.5) is 4.39 Å². The van der Waals surface area contributed by atoms with Crippen molar-refractivity contribution >= 4 is 15.9 Å². The number of hydrogen-bond donors (Lipinski definition) is 1. The van der Waals surface area contributed by atoms with Gasteiger partial charge in [-0.3, -0.25) is 4.79 Å². The molecule has 3 heterocycles. The van der Waals surface area contributed by atoms with Gasteiger partial charge in [0.15, 0.2) is 6.61 Å². The standard InChI is InChI=1S/C20H27FN2O5S/c1-29(25,26)22-16-9-10-23-17(16)11-27-14-7-5-13(6-8-14)20-15(21)3-2-4-18(20)28-12-19(23)24/h2-4,13-14,16-17,22H,5-12H2,1H3. The zero-order valence-electron chi connectivity index (χ0n) is 16.5. The molecule has 1 aromatic carbocycles. The van der Waals surface area contributed by atoms with Crippen LogP contribution in [0.15, 0.2) is 18.2 Å². The van der Waals surface area contributed by atoms with Gasteiger partial charge in [-0.15, -0.1) is 0 Å². The lowest BCUT2D eigenvalue weighted by Gasteiger charge is -2.32. The van der Waals surface area contributed by atoms with E-state index in [4.69, 9.17) is 9.47 Å². The molecule has 1 saturated heterocycles. The van der Waals surface area contributed by atoms with Gasteiger partial charge in [0.1, 0.15) is 11.6 Å². The predicted octanol–water partition coefficient (Wildman–Crippen LogP) is 1.78. The number of nitrogens with zero attached hydrogens (tertiary/aromatic N) is 1. The molecule has 0 aromatic heterocycles. The molecule has 0 spiro atoms. The normalized spacial score (nSPS) is 30.6. The van der Waals surface area contributed by atoms with E-state index in [0.29, 0.717) is 24.3 Å². The summed E-state index contributed by atoms with van der Waals surface area (Å²) in [6.07, 6.45) is 4.83. The monoisotopic (exact) mass is 426 g/mol. The third-order valence-corrected chi connectivity index (χ3v) is 6.91. The highest BCUT2D eigenvalue weighted by molar-refractivity contribution is 7.88. The zero-order valence-corrected chi connectivity index (χ0v) is 17.3. The van der Waals surface area contributed by atoms with E-state index in [9.17, 15) is 17.6 Å². The van der Waals surface area contributed by atoms with Crippen LogP contribution in [-0.4, -0.2) is 63.4 Å². The maximum atomic E-state index is 14.6. The van der Waals surface area contributed by atoms with Gasteiger partial charge in [-0.2, -0.15) is 0 Å². The number of nitrogens with one attached hydrogen (secondary N) is 1. The second-order valence-electron chi connectivity index (χ2n) is 8.19. The van der Waals surface area contributed by atoms with Crippen LogP contribution in [0, 0.1) is 5.82 Å². The number of benzene rings is 1. The van der Waals surface area contributed by atoms with Crippen molar-refractivity contribution in [1.29, 1.82) is 0 Å². The number of amides is 1. The fraction of sp³-hybridized carbons (Fsp3) is 0.650. The number of halogens is 1. The smallest absolute Gasteiger partial charge is 0.260 e. The first-order valence-corrected chi connectivity index (χ1v) is 12.0. The van der Waals surface area contributed by atoms with E-state index in [-0.39, 0.29) is 49.0 Å². The molecule has 29 heavy (non-hydrogen) atoms. The number of rotatable bonds is 2. The van der Waals surface area contributed by atoms with Crippen molar-refractivity contribution in [1.82, 2.24) is 9.62 Å². The Labute approximate surface area is 170 Å². The first-order valence-electron chi connectivity index (χ1n) is 10.1. The van der Waals surface area contributed by atoms with E-state index in [2.05, 4.69) is 4.72 Å². The summed E-state index contributed by atoms with van der Waals surface area (Å²) in [6.45, 7) is 0.483. The molecule has 4 aliphatic rings. The third-order valence-electron chi connectivity index (χ3n) is 6.18. The molecular weight excluding hydrogens is 399 g/mol. The van der Waals surface area contributed by atoms with Crippen molar-refractivity contribution in [2.45, 2.75) is 56.2 Å². The van der Waals surface area contributed by atoms with Gasteiger partial charge in [0, 0.05) is 18.2 Å². The third kappa shape index (κ3) is 4.57. The molecule has 1 N–H and O–H groups in total. The predicted molar refractivity (Wildman–Crippen MR) is 105 cm³/mol. The van der Waals surface area contributed by atoms with Crippen molar-refractivity contribution < 1.29 is 27.1 Å². The fourth-order valence-corrected chi connectivity index (χ4v) is 5.62. The quantitative estimate of drug-likeness (QED) is 0.779. The molecule has 1 aromatic rings. The molecule has 2 atom stereocenters. The van der Waals surface area contributed by atoms with E-state index < -0.39 is 10.0 Å². The van der Waals surface area contributed by atoms with Crippen LogP contribution in [0.5, 0.6) is 5.75 Å². The Morgan fingerprint density at radius 2 is 1.93 bits per heavy atom. The van der Waals surface area contributed by atoms with Gasteiger partial charge in [-0.25, -0.2) is 17.5 Å². The minimum atomic E-state index is -3.40. The lowest BCUT2D eigenvalue weighted by molar-refractivity contribution is -0.136. The van der Waals surface area contributed by atoms with Crippen molar-refractivity contribution in [3.63, 3.8) is 0 Å². The summed E-state index contributed by atoms with van der Waals surface area (Å²) in [6, 6.07) is 3.97. The Bertz CT molecular complexity index is 870. The summed E-state index contributed by atoms with van der Waals surface area (Å²) < 4.78 is 52.6. The Hall–Kier alpha value is -1.71. The molecule has 0 radical (unpaired) electrons. The van der Waals surface area contributed by atoms with Crippen LogP contribution in [-0.2, 0) is 19.6 Å². The van der Waals surface area contributed by atoms with Crippen molar-refractivity contribution in [2.75, 3.05) is 26.0 Å². The van der Waals surface area contributed by atoms with E-state index in [1.165, 1.54) is 6.07 Å². The van der Waals surface area contributed by atoms with Crippen LogP contribution in [0.3, 0.4) is 0 Å². The summed E-state index contributed by atoms with van der Waals surface area (Å²) in [7, 11) is -3.40. The Balaban J connectivity index is 1.61. The minimum absolute atomic E-state index is 0.0274. The van der Waals surface area contributed by atoms with E-state index in [1.54, 1.807) is 17.0 Å². The SMILES string of the molecule is CS(=O)(=O)NC1CCN2C(=O)COc3cccc(F)c3C3CCC(CC3)OCC12. The Morgan fingerprint density at radius 1 is 1.17 bits per heavy atom. The highest BCUT2D eigenvalue weighted by Gasteiger charge is 2.40. The van der Waals surface area contributed by atoms with E-state index >= 15 is 0 Å². The number of carbonyl (C=O) groups excluding carboxylic acids is 1. The molecule has 2 unspecified atom stereocenters. The van der Waals surface area contributed by atoms with Gasteiger partial charge in [-0.1, -0.05) is 6.07 Å². The van der Waals surface area contributed by atoms with Crippen LogP contribution in [0.1, 0.15) is 43.6 Å². The maximum Gasteiger partial charge on any atom is 0.260 e. The van der Waals surface area contributed by atoms with Gasteiger partial charge >= 0.3 is 0 Å². The molecular formula is C20H27FN2O5S. The average molecular weight is 427 g/mol. The topological polar surface area (TPSA) is 84.9 Å². The lowest BCUT2D eigenvalue weighted by atomic mass is 9.82. The van der Waals surface area contributed by atoms with Crippen LogP contribution in [0.25, 0.3) is 0 Å². The lowest BCUT2D eigenvalue weighted by Crippen LogP contribution is -2.50. The maximum absolute atomic E-state index is 14.6. The number of ether oxygens (including phenoxy) is 2. The molecule has 1 amide bonds. The van der Waals surface area contributed by atoms with Crippen molar-refractivity contribution in [3.05, 3.63) is 29.6 Å². The molecule has 7 nitrogen and oxygen atoms in total. The van der Waals surface area contributed by atoms with Gasteiger partial charge in [-0.05, 0) is 50.2 Å². The fourth-order valence-electron chi connectivity index (χ4n) is 4.80. The van der Waals surface area contributed by atoms with Crippen molar-refractivity contribution in [3.8, 4) is 5.75 Å². The van der Waals surface area contributed by atoms with Crippen LogP contribution in [0.2, 0.25) is 0 Å². The second kappa shape index (κ2) is 8.20. The molecule has 9 heteroatoms. The van der Waals surface area contributed by atoms with E-state index in [1.807, 2.05) is 0 Å². The summed E-state index contributed by atoms with van der Waals surface area (Å²) >= 11 is 0. The number of sulfonamides is 1. The highest BCUT2D eigenvalue weighted by atomic mass is 32.2. The van der Waals surface area contributed by atoms with Gasteiger partial charge in [0.25, 0.3) is 5.91 Å². The Kier molecular flexibility index (Phi) is 5.81. The van der Waals surface area contributed by atoms with Gasteiger partial charge < -0.3 is 14.4 Å². The summed E-state index contributed by atoms with van der Waals surface area (Å²) in [5, 5.41) is 0. The van der Waals surface area contributed by atoms with E-state index in [0.717, 1.165) is 31.9 Å². The van der Waals surface area contributed by atoms with Crippen LogP contribution >= 0.6 is 0 Å². The molecule has 1 saturated carbocycles. The summed E-state index contributed by atoms with van der Waals surface area (Å²) in [5.41, 5.74) is 0.549. The number of carbonyl (C=O) groups is 1. The molecule has 2 bridgehead atoms. The molecule has 3 aliphatic heterocycles. The summed E-state index contributed by atoms with van der Waals surface area (Å²) in [4.78, 5) is 14.5. The molecule has 5 rings (SSSR count). The van der Waals surface area contributed by atoms with Gasteiger partial charge in [0.2, 0.25) is 10.0 Å². The average Bonchev–Trinajstić information content (AvgIpc) is 3.05. The number of fused-ring (bicyclic) bond motifs is 5. The molecule has 160 valence electrons. The number of hydrogen-bond acceptors (Lipinski definition) is 5. The van der Waals surface area contributed by atoms with Gasteiger partial charge in [0.05, 0.1) is 25.0 Å². The highest BCUT2D eigenvalue weighted by Crippen LogP contribution is 2.40. The van der Waals surface area contributed by atoms with Crippen LogP contribution < -0.4 is 9.46 Å². The second-order valence-corrected chi connectivity index (χ2v) is 9.97. The largest absolute Gasteiger partial charge is 0.483 e. The summed E-state index contributed by atoms with van der Waals surface area (Å²) in [5.74, 6) is -0.0891. The first-order chi connectivity index (χ1) is 13.8. The molecule has 1 aliphatic carbocycles.